The van der Waals surface area contributed by atoms with Crippen LogP contribution in [-0.2, 0) is 23.0 Å². The summed E-state index contributed by atoms with van der Waals surface area (Å²) in [7, 11) is -3.93. The number of nitrogens with zero attached hydrogens (tertiary/aromatic N) is 3. The van der Waals surface area contributed by atoms with Gasteiger partial charge in [0.15, 0.2) is 5.58 Å². The standard InChI is InChI=1S/C25H19ClFN3O3S/c1-15-2-6-18(7-3-15)34(31,32)30-22-10-11-29(14-20(22)19-8-5-17(27)13-23(19)30)25-28-21-12-16(26)4-9-24(21)33-25/h2-9,12-13H,10-11,14H2,1H3. The Labute approximate surface area is 200 Å². The van der Waals surface area contributed by atoms with Crippen molar-refractivity contribution in [2.24, 2.45) is 0 Å². The zero-order valence-electron chi connectivity index (χ0n) is 18.1. The van der Waals surface area contributed by atoms with Crippen molar-refractivity contribution in [3.8, 4) is 0 Å². The van der Waals surface area contributed by atoms with E-state index in [1.165, 1.54) is 16.1 Å². The van der Waals surface area contributed by atoms with Crippen molar-refractivity contribution in [3.63, 3.8) is 0 Å². The Kier molecular flexibility index (Phi) is 4.72. The number of rotatable bonds is 3. The predicted octanol–water partition coefficient (Wildman–Crippen LogP) is 5.68. The van der Waals surface area contributed by atoms with Crippen LogP contribution in [0.15, 0.2) is 70.0 Å². The molecule has 9 heteroatoms. The number of fused-ring (bicyclic) bond motifs is 4. The van der Waals surface area contributed by atoms with Crippen molar-refractivity contribution in [1.29, 1.82) is 0 Å². The molecule has 0 amide bonds. The van der Waals surface area contributed by atoms with Crippen LogP contribution in [0.1, 0.15) is 16.8 Å². The monoisotopic (exact) mass is 495 g/mol. The van der Waals surface area contributed by atoms with Crippen LogP contribution in [-0.4, -0.2) is 23.9 Å². The number of oxazole rings is 1. The lowest BCUT2D eigenvalue weighted by atomic mass is 10.0. The van der Waals surface area contributed by atoms with Gasteiger partial charge in [-0.2, -0.15) is 4.98 Å². The van der Waals surface area contributed by atoms with Crippen LogP contribution in [0.4, 0.5) is 10.4 Å². The van der Waals surface area contributed by atoms with Crippen LogP contribution in [0.2, 0.25) is 5.02 Å². The van der Waals surface area contributed by atoms with E-state index in [1.54, 1.807) is 48.5 Å². The van der Waals surface area contributed by atoms with Crippen molar-refractivity contribution >= 4 is 49.6 Å². The second-order valence-electron chi connectivity index (χ2n) is 8.45. The van der Waals surface area contributed by atoms with Gasteiger partial charge >= 0.3 is 0 Å². The molecule has 0 saturated carbocycles. The maximum Gasteiger partial charge on any atom is 0.298 e. The van der Waals surface area contributed by atoms with Gasteiger partial charge in [-0.25, -0.2) is 16.8 Å². The van der Waals surface area contributed by atoms with Crippen LogP contribution < -0.4 is 4.90 Å². The average Bonchev–Trinajstić information content (AvgIpc) is 3.37. The highest BCUT2D eigenvalue weighted by Crippen LogP contribution is 2.36. The fraction of sp³-hybridized carbons (Fsp3) is 0.160. The SMILES string of the molecule is Cc1ccc(S(=O)(=O)n2c3c(c4ccc(F)cc42)CN(c2nc4cc(Cl)ccc4o2)CC3)cc1. The van der Waals surface area contributed by atoms with Gasteiger partial charge in [0.25, 0.3) is 16.0 Å². The zero-order chi connectivity index (χ0) is 23.6. The van der Waals surface area contributed by atoms with Crippen molar-refractivity contribution in [2.45, 2.75) is 24.8 Å². The van der Waals surface area contributed by atoms with E-state index >= 15 is 0 Å². The number of benzene rings is 3. The molecule has 0 saturated heterocycles. The highest BCUT2D eigenvalue weighted by Gasteiger charge is 2.31. The Morgan fingerprint density at radius 3 is 2.65 bits per heavy atom. The van der Waals surface area contributed by atoms with Crippen LogP contribution in [0.25, 0.3) is 22.0 Å². The summed E-state index contributed by atoms with van der Waals surface area (Å²) in [6.07, 6.45) is 0.427. The third-order valence-corrected chi connectivity index (χ3v) is 8.23. The second kappa shape index (κ2) is 7.58. The van der Waals surface area contributed by atoms with E-state index in [9.17, 15) is 12.8 Å². The number of hydrogen-bond acceptors (Lipinski definition) is 5. The molecule has 0 spiro atoms. The second-order valence-corrected chi connectivity index (χ2v) is 10.7. The van der Waals surface area contributed by atoms with Gasteiger partial charge in [-0.3, -0.25) is 0 Å². The molecule has 5 aromatic rings. The minimum Gasteiger partial charge on any atom is -0.423 e. The van der Waals surface area contributed by atoms with Gasteiger partial charge in [-0.15, -0.1) is 0 Å². The van der Waals surface area contributed by atoms with Crippen LogP contribution in [0.5, 0.6) is 0 Å². The molecule has 0 radical (unpaired) electrons. The van der Waals surface area contributed by atoms with Crippen molar-refractivity contribution in [1.82, 2.24) is 8.96 Å². The molecule has 0 aliphatic carbocycles. The smallest absolute Gasteiger partial charge is 0.298 e. The minimum absolute atomic E-state index is 0.167. The van der Waals surface area contributed by atoms with Gasteiger partial charge in [0, 0.05) is 41.2 Å². The minimum atomic E-state index is -3.93. The first-order chi connectivity index (χ1) is 16.3. The van der Waals surface area contributed by atoms with Crippen molar-refractivity contribution < 1.29 is 17.2 Å². The van der Waals surface area contributed by atoms with E-state index in [-0.39, 0.29) is 4.90 Å². The van der Waals surface area contributed by atoms with E-state index in [4.69, 9.17) is 16.0 Å². The first kappa shape index (κ1) is 21.2. The lowest BCUT2D eigenvalue weighted by Crippen LogP contribution is -2.32. The van der Waals surface area contributed by atoms with Gasteiger partial charge in [0.05, 0.1) is 10.4 Å². The number of aromatic nitrogens is 2. The van der Waals surface area contributed by atoms with E-state index in [2.05, 4.69) is 4.98 Å². The molecule has 1 aliphatic rings. The highest BCUT2D eigenvalue weighted by atomic mass is 35.5. The van der Waals surface area contributed by atoms with E-state index in [0.717, 1.165) is 11.1 Å². The fourth-order valence-corrected chi connectivity index (χ4v) is 6.33. The zero-order valence-corrected chi connectivity index (χ0v) is 19.7. The number of halogens is 2. The predicted molar refractivity (Wildman–Crippen MR) is 129 cm³/mol. The third kappa shape index (κ3) is 3.28. The Balaban J connectivity index is 1.50. The van der Waals surface area contributed by atoms with Gasteiger partial charge in [-0.05, 0) is 55.5 Å². The molecule has 3 heterocycles. The maximum absolute atomic E-state index is 14.3. The largest absolute Gasteiger partial charge is 0.423 e. The Hall–Kier alpha value is -3.36. The topological polar surface area (TPSA) is 68.3 Å². The van der Waals surface area contributed by atoms with E-state index in [0.29, 0.717) is 58.2 Å². The lowest BCUT2D eigenvalue weighted by Gasteiger charge is -2.26. The number of anilines is 1. The average molecular weight is 496 g/mol. The molecule has 2 aromatic heterocycles. The molecule has 6 rings (SSSR count). The highest BCUT2D eigenvalue weighted by molar-refractivity contribution is 7.90. The Bertz CT molecular complexity index is 1690. The molecule has 3 aromatic carbocycles. The van der Waals surface area contributed by atoms with Crippen LogP contribution in [0.3, 0.4) is 0 Å². The summed E-state index contributed by atoms with van der Waals surface area (Å²) >= 11 is 6.08. The van der Waals surface area contributed by atoms with Crippen LogP contribution >= 0.6 is 11.6 Å². The normalized spacial score (nSPS) is 14.1. The quantitative estimate of drug-likeness (QED) is 0.322. The first-order valence-corrected chi connectivity index (χ1v) is 12.6. The lowest BCUT2D eigenvalue weighted by molar-refractivity contribution is 0.551. The van der Waals surface area contributed by atoms with E-state index in [1.807, 2.05) is 11.8 Å². The summed E-state index contributed by atoms with van der Waals surface area (Å²) in [5.74, 6) is -0.490. The Morgan fingerprint density at radius 1 is 1.06 bits per heavy atom. The summed E-state index contributed by atoms with van der Waals surface area (Å²) in [5, 5.41) is 1.26. The molecule has 172 valence electrons. The molecular formula is C25H19ClFN3O3S. The van der Waals surface area contributed by atoms with Gasteiger partial charge in [0.2, 0.25) is 0 Å². The molecule has 6 nitrogen and oxygen atoms in total. The maximum atomic E-state index is 14.3. The van der Waals surface area contributed by atoms with Crippen LogP contribution in [0, 0.1) is 12.7 Å². The summed E-state index contributed by atoms with van der Waals surface area (Å²) in [6, 6.07) is 16.6. The number of aryl methyl sites for hydroxylation is 1. The Morgan fingerprint density at radius 2 is 1.85 bits per heavy atom. The number of hydrogen-bond donors (Lipinski definition) is 0. The molecule has 34 heavy (non-hydrogen) atoms. The fourth-order valence-electron chi connectivity index (χ4n) is 4.57. The van der Waals surface area contributed by atoms with Gasteiger partial charge < -0.3 is 9.32 Å². The molecule has 0 fully saturated rings. The van der Waals surface area contributed by atoms with Gasteiger partial charge in [0.1, 0.15) is 11.3 Å². The molecule has 1 aliphatic heterocycles. The molecule has 0 unspecified atom stereocenters. The molecule has 0 bridgehead atoms. The van der Waals surface area contributed by atoms with Crippen molar-refractivity contribution in [2.75, 3.05) is 11.4 Å². The molecule has 0 N–H and O–H groups in total. The molecular weight excluding hydrogens is 477 g/mol. The van der Waals surface area contributed by atoms with Crippen molar-refractivity contribution in [3.05, 3.63) is 88.3 Å². The summed E-state index contributed by atoms with van der Waals surface area (Å²) in [6.45, 7) is 2.78. The van der Waals surface area contributed by atoms with Gasteiger partial charge in [-0.1, -0.05) is 29.3 Å². The summed E-state index contributed by atoms with van der Waals surface area (Å²) in [4.78, 5) is 6.69. The molecule has 0 atom stereocenters. The van der Waals surface area contributed by atoms with E-state index < -0.39 is 15.8 Å². The first-order valence-electron chi connectivity index (χ1n) is 10.8. The third-order valence-electron chi connectivity index (χ3n) is 6.23. The summed E-state index contributed by atoms with van der Waals surface area (Å²) in [5.41, 5.74) is 4.03. The summed E-state index contributed by atoms with van der Waals surface area (Å²) < 4.78 is 48.9.